The number of halogens is 1. The third-order valence-corrected chi connectivity index (χ3v) is 5.40. The first-order chi connectivity index (χ1) is 15.1. The number of aromatic hydroxyl groups is 1. The fourth-order valence-electron chi connectivity index (χ4n) is 3.44. The number of carbonyl (C=O) groups is 1. The molecule has 0 unspecified atom stereocenters. The summed E-state index contributed by atoms with van der Waals surface area (Å²) in [6.07, 6.45) is 3.22. The lowest BCUT2D eigenvalue weighted by molar-refractivity contribution is 0.0378. The zero-order valence-corrected chi connectivity index (χ0v) is 18.6. The summed E-state index contributed by atoms with van der Waals surface area (Å²) in [5.74, 6) is 0.647. The predicted molar refractivity (Wildman–Crippen MR) is 124 cm³/mol. The maximum absolute atomic E-state index is 12.7. The van der Waals surface area contributed by atoms with E-state index in [1.165, 1.54) is 6.07 Å². The van der Waals surface area contributed by atoms with Crippen LogP contribution in [0.3, 0.4) is 0 Å². The van der Waals surface area contributed by atoms with Crippen molar-refractivity contribution in [1.82, 2.24) is 9.88 Å². The highest BCUT2D eigenvalue weighted by molar-refractivity contribution is 6.30. The zero-order chi connectivity index (χ0) is 22.1. The first-order valence-electron chi connectivity index (χ1n) is 10.6. The molecule has 0 spiro atoms. The van der Waals surface area contributed by atoms with Crippen molar-refractivity contribution >= 4 is 28.9 Å². The lowest BCUT2D eigenvalue weighted by atomic mass is 10.1. The molecule has 0 atom stereocenters. The van der Waals surface area contributed by atoms with E-state index in [4.69, 9.17) is 16.3 Å². The minimum Gasteiger partial charge on any atom is -0.507 e. The molecule has 7 nitrogen and oxygen atoms in total. The van der Waals surface area contributed by atoms with Gasteiger partial charge in [-0.1, -0.05) is 18.5 Å². The van der Waals surface area contributed by atoms with E-state index in [1.54, 1.807) is 30.5 Å². The van der Waals surface area contributed by atoms with Gasteiger partial charge in [0.2, 0.25) is 0 Å². The molecule has 0 radical (unpaired) electrons. The van der Waals surface area contributed by atoms with E-state index >= 15 is 0 Å². The minimum absolute atomic E-state index is 0.00568. The van der Waals surface area contributed by atoms with Gasteiger partial charge in [-0.3, -0.25) is 14.7 Å². The van der Waals surface area contributed by atoms with Crippen LogP contribution in [0.1, 0.15) is 35.7 Å². The van der Waals surface area contributed by atoms with Crippen molar-refractivity contribution in [3.8, 4) is 5.75 Å². The molecule has 2 heterocycles. The summed E-state index contributed by atoms with van der Waals surface area (Å²) in [5.41, 5.74) is 1.82. The summed E-state index contributed by atoms with van der Waals surface area (Å²) in [6.45, 7) is 7.32. The van der Waals surface area contributed by atoms with Gasteiger partial charge in [-0.15, -0.1) is 0 Å². The quantitative estimate of drug-likeness (QED) is 0.330. The highest BCUT2D eigenvalue weighted by atomic mass is 35.5. The molecule has 1 aromatic heterocycles. The first kappa shape index (κ1) is 23.2. The number of morpholine rings is 1. The van der Waals surface area contributed by atoms with Crippen LogP contribution in [0.25, 0.3) is 0 Å². The second kappa shape index (κ2) is 11.8. The number of benzene rings is 1. The SMILES string of the molecule is CCC(=NCC(=O)c1ccnc(NCCCN2CCOCC2)c1)c1ccc(Cl)cc1O. The number of Topliss-reactive ketones (excluding diaryl/α,β-unsaturated/α-hetero) is 1. The van der Waals surface area contributed by atoms with Gasteiger partial charge in [0.05, 0.1) is 13.2 Å². The van der Waals surface area contributed by atoms with Crippen molar-refractivity contribution in [1.29, 1.82) is 0 Å². The molecule has 2 aromatic rings. The molecule has 1 aliphatic rings. The van der Waals surface area contributed by atoms with Crippen molar-refractivity contribution in [2.45, 2.75) is 19.8 Å². The number of hydrogen-bond acceptors (Lipinski definition) is 7. The summed E-state index contributed by atoms with van der Waals surface area (Å²) in [7, 11) is 0. The number of anilines is 1. The normalized spacial score (nSPS) is 15.1. The molecule has 8 heteroatoms. The molecule has 166 valence electrons. The van der Waals surface area contributed by atoms with E-state index in [9.17, 15) is 9.90 Å². The van der Waals surface area contributed by atoms with Crippen LogP contribution in [-0.2, 0) is 4.74 Å². The first-order valence-corrected chi connectivity index (χ1v) is 11.0. The van der Waals surface area contributed by atoms with Gasteiger partial charge in [-0.25, -0.2) is 4.98 Å². The van der Waals surface area contributed by atoms with Gasteiger partial charge in [-0.05, 0) is 49.7 Å². The van der Waals surface area contributed by atoms with Crippen molar-refractivity contribution in [3.05, 3.63) is 52.7 Å². The second-order valence-electron chi connectivity index (χ2n) is 7.37. The fourth-order valence-corrected chi connectivity index (χ4v) is 3.61. The number of carbonyl (C=O) groups excluding carboxylic acids is 1. The molecule has 3 rings (SSSR count). The van der Waals surface area contributed by atoms with Gasteiger partial charge in [-0.2, -0.15) is 0 Å². The summed E-state index contributed by atoms with van der Waals surface area (Å²) in [6, 6.07) is 8.35. The van der Waals surface area contributed by atoms with E-state index in [2.05, 4.69) is 20.2 Å². The smallest absolute Gasteiger partial charge is 0.184 e. The summed E-state index contributed by atoms with van der Waals surface area (Å²) in [5, 5.41) is 13.9. The van der Waals surface area contributed by atoms with Gasteiger partial charge in [0.1, 0.15) is 18.1 Å². The third-order valence-electron chi connectivity index (χ3n) is 5.16. The van der Waals surface area contributed by atoms with Crippen molar-refractivity contribution in [2.24, 2.45) is 4.99 Å². The van der Waals surface area contributed by atoms with Crippen LogP contribution >= 0.6 is 11.6 Å². The van der Waals surface area contributed by atoms with Crippen LogP contribution in [0.2, 0.25) is 5.02 Å². The molecule has 0 amide bonds. The van der Waals surface area contributed by atoms with Crippen LogP contribution in [0, 0.1) is 0 Å². The molecule has 0 bridgehead atoms. The number of hydrogen-bond donors (Lipinski definition) is 2. The van der Waals surface area contributed by atoms with Gasteiger partial charge < -0.3 is 15.2 Å². The van der Waals surface area contributed by atoms with Crippen LogP contribution in [-0.4, -0.2) is 72.4 Å². The molecule has 1 aromatic carbocycles. The largest absolute Gasteiger partial charge is 0.507 e. The molecule has 1 fully saturated rings. The number of phenols is 1. The Hall–Kier alpha value is -2.48. The Morgan fingerprint density at radius 1 is 1.29 bits per heavy atom. The van der Waals surface area contributed by atoms with E-state index < -0.39 is 0 Å². The van der Waals surface area contributed by atoms with E-state index in [-0.39, 0.29) is 18.1 Å². The molecule has 31 heavy (non-hydrogen) atoms. The van der Waals surface area contributed by atoms with E-state index in [1.807, 2.05) is 6.92 Å². The Morgan fingerprint density at radius 3 is 2.84 bits per heavy atom. The molecule has 1 aliphatic heterocycles. The Morgan fingerprint density at radius 2 is 2.10 bits per heavy atom. The molecule has 0 aliphatic carbocycles. The van der Waals surface area contributed by atoms with Gasteiger partial charge in [0, 0.05) is 47.7 Å². The molecular formula is C23H29ClN4O3. The fraction of sp³-hybridized carbons (Fsp3) is 0.435. The average molecular weight is 445 g/mol. The molecule has 1 saturated heterocycles. The van der Waals surface area contributed by atoms with Crippen LogP contribution < -0.4 is 5.32 Å². The maximum Gasteiger partial charge on any atom is 0.184 e. The number of rotatable bonds is 10. The van der Waals surface area contributed by atoms with Crippen molar-refractivity contribution < 1.29 is 14.6 Å². The standard InChI is InChI=1S/C23H29ClN4O3/c1-2-20(19-5-4-18(24)15-21(19)29)27-16-22(30)17-6-8-26-23(14-17)25-7-3-9-28-10-12-31-13-11-28/h4-6,8,14-15,29H,2-3,7,9-13,16H2,1H3,(H,25,26). The van der Waals surface area contributed by atoms with Crippen LogP contribution in [0.15, 0.2) is 41.5 Å². The molecular weight excluding hydrogens is 416 g/mol. The van der Waals surface area contributed by atoms with E-state index in [0.717, 1.165) is 45.8 Å². The van der Waals surface area contributed by atoms with E-state index in [0.29, 0.717) is 34.1 Å². The van der Waals surface area contributed by atoms with Gasteiger partial charge >= 0.3 is 0 Å². The molecule has 2 N–H and O–H groups in total. The van der Waals surface area contributed by atoms with Crippen molar-refractivity contribution in [3.63, 3.8) is 0 Å². The monoisotopic (exact) mass is 444 g/mol. The predicted octanol–water partition coefficient (Wildman–Crippen LogP) is 3.66. The lowest BCUT2D eigenvalue weighted by Gasteiger charge is -2.26. The maximum atomic E-state index is 12.7. The number of nitrogens with one attached hydrogen (secondary N) is 1. The zero-order valence-electron chi connectivity index (χ0n) is 17.8. The highest BCUT2D eigenvalue weighted by Gasteiger charge is 2.12. The molecule has 0 saturated carbocycles. The topological polar surface area (TPSA) is 87.1 Å². The highest BCUT2D eigenvalue weighted by Crippen LogP contribution is 2.23. The number of ether oxygens (including phenoxy) is 1. The second-order valence-corrected chi connectivity index (χ2v) is 7.80. The summed E-state index contributed by atoms with van der Waals surface area (Å²) < 4.78 is 5.36. The number of pyridine rings is 1. The number of ketones is 1. The Labute approximate surface area is 188 Å². The lowest BCUT2D eigenvalue weighted by Crippen LogP contribution is -2.37. The Kier molecular flexibility index (Phi) is 8.82. The summed E-state index contributed by atoms with van der Waals surface area (Å²) in [4.78, 5) is 23.8. The van der Waals surface area contributed by atoms with Gasteiger partial charge in [0.25, 0.3) is 0 Å². The number of nitrogens with zero attached hydrogens (tertiary/aromatic N) is 3. The Bertz CT molecular complexity index is 913. The summed E-state index contributed by atoms with van der Waals surface area (Å²) >= 11 is 5.90. The van der Waals surface area contributed by atoms with Crippen molar-refractivity contribution in [2.75, 3.05) is 51.3 Å². The number of phenolic OH excluding ortho intramolecular Hbond substituents is 1. The van der Waals surface area contributed by atoms with Crippen LogP contribution in [0.4, 0.5) is 5.82 Å². The average Bonchev–Trinajstić information content (AvgIpc) is 2.79. The minimum atomic E-state index is -0.0989. The number of aliphatic imine (C=N–C) groups is 1. The Balaban J connectivity index is 1.54. The van der Waals surface area contributed by atoms with Gasteiger partial charge in [0.15, 0.2) is 5.78 Å². The number of aromatic nitrogens is 1. The van der Waals surface area contributed by atoms with Crippen LogP contribution in [0.5, 0.6) is 5.75 Å². The third kappa shape index (κ3) is 7.02.